The van der Waals surface area contributed by atoms with Crippen molar-refractivity contribution in [1.82, 2.24) is 0 Å². The molecule has 0 aromatic heterocycles. The summed E-state index contributed by atoms with van der Waals surface area (Å²) in [5.74, 6) is -11.3. The van der Waals surface area contributed by atoms with E-state index >= 15 is 8.78 Å². The van der Waals surface area contributed by atoms with Crippen LogP contribution >= 0.6 is 0 Å². The third-order valence-electron chi connectivity index (χ3n) is 9.05. The molecule has 4 aromatic carbocycles. The lowest BCUT2D eigenvalue weighted by Gasteiger charge is -2.29. The van der Waals surface area contributed by atoms with Gasteiger partial charge in [0.2, 0.25) is 0 Å². The van der Waals surface area contributed by atoms with E-state index in [4.69, 9.17) is 0 Å². The Morgan fingerprint density at radius 3 is 1.86 bits per heavy atom. The number of ether oxygens (including phenoxy) is 1. The van der Waals surface area contributed by atoms with Crippen LogP contribution in [0.15, 0.2) is 67.0 Å². The van der Waals surface area contributed by atoms with Gasteiger partial charge in [-0.2, -0.15) is 8.78 Å². The first-order valence-electron chi connectivity index (χ1n) is 15.9. The number of halogens is 10. The zero-order valence-electron chi connectivity index (χ0n) is 26.4. The maximum absolute atomic E-state index is 15.3. The first kappa shape index (κ1) is 36.0. The van der Waals surface area contributed by atoms with Gasteiger partial charge in [0.05, 0.1) is 5.56 Å². The summed E-state index contributed by atoms with van der Waals surface area (Å²) >= 11 is 0. The molecule has 260 valence electrons. The van der Waals surface area contributed by atoms with Crippen LogP contribution in [0.1, 0.15) is 80.9 Å². The summed E-state index contributed by atoms with van der Waals surface area (Å²) in [5, 5.41) is 0. The van der Waals surface area contributed by atoms with E-state index in [0.29, 0.717) is 18.1 Å². The van der Waals surface area contributed by atoms with E-state index < -0.39 is 75.6 Å². The van der Waals surface area contributed by atoms with Gasteiger partial charge in [-0.1, -0.05) is 56.9 Å². The molecule has 1 aliphatic carbocycles. The van der Waals surface area contributed by atoms with Gasteiger partial charge in [0.25, 0.3) is 0 Å². The van der Waals surface area contributed by atoms with Crippen molar-refractivity contribution in [1.29, 1.82) is 0 Å². The third kappa shape index (κ3) is 7.97. The topological polar surface area (TPSA) is 9.23 Å². The number of benzene rings is 4. The Morgan fingerprint density at radius 1 is 0.714 bits per heavy atom. The van der Waals surface area contributed by atoms with E-state index in [1.165, 1.54) is 37.8 Å². The summed E-state index contributed by atoms with van der Waals surface area (Å²) in [4.78, 5) is 0. The SMILES string of the molecule is CCCCCC1CCC(c2ccc(-c3ccc(-c4cc(F)c(C(F)(F)Oc5cc(F)c(/C(F)=C/F)c(F)c5)c(F)c4)c(F)c3)c(F)c2)CC1. The first-order chi connectivity index (χ1) is 23.3. The highest BCUT2D eigenvalue weighted by Crippen LogP contribution is 2.41. The Hall–Kier alpha value is -4.28. The Balaban J connectivity index is 1.33. The van der Waals surface area contributed by atoms with Crippen LogP contribution in [0.4, 0.5) is 43.9 Å². The quantitative estimate of drug-likeness (QED) is 0.112. The highest BCUT2D eigenvalue weighted by molar-refractivity contribution is 5.72. The number of hydrogen-bond donors (Lipinski definition) is 0. The Kier molecular flexibility index (Phi) is 11.1. The molecule has 0 aliphatic heterocycles. The van der Waals surface area contributed by atoms with E-state index in [1.807, 2.05) is 6.07 Å². The molecular formula is C38H32F10O. The summed E-state index contributed by atoms with van der Waals surface area (Å²) in [5.41, 5.74) is -3.20. The van der Waals surface area contributed by atoms with Crippen molar-refractivity contribution >= 4 is 5.83 Å². The summed E-state index contributed by atoms with van der Waals surface area (Å²) in [7, 11) is 0. The lowest BCUT2D eigenvalue weighted by molar-refractivity contribution is -0.189. The molecule has 0 heterocycles. The molecule has 0 bridgehead atoms. The maximum Gasteiger partial charge on any atom is 0.432 e. The molecule has 0 N–H and O–H groups in total. The number of unbranched alkanes of at least 4 members (excludes halogenated alkanes) is 2. The highest BCUT2D eigenvalue weighted by atomic mass is 19.3. The van der Waals surface area contributed by atoms with Gasteiger partial charge < -0.3 is 4.74 Å². The van der Waals surface area contributed by atoms with Crippen LogP contribution in [0.25, 0.3) is 28.1 Å². The minimum Gasteiger partial charge on any atom is -0.429 e. The maximum atomic E-state index is 15.3. The highest BCUT2D eigenvalue weighted by Gasteiger charge is 2.42. The van der Waals surface area contributed by atoms with Gasteiger partial charge in [-0.25, -0.2) is 35.1 Å². The molecule has 1 aliphatic rings. The molecule has 0 unspecified atom stereocenters. The van der Waals surface area contributed by atoms with Crippen molar-refractivity contribution in [2.75, 3.05) is 0 Å². The zero-order chi connectivity index (χ0) is 35.5. The van der Waals surface area contributed by atoms with Gasteiger partial charge in [0.1, 0.15) is 52.5 Å². The fraction of sp³-hybridized carbons (Fsp3) is 0.316. The van der Waals surface area contributed by atoms with Crippen molar-refractivity contribution in [3.8, 4) is 28.0 Å². The predicted octanol–water partition coefficient (Wildman–Crippen LogP) is 13.1. The summed E-state index contributed by atoms with van der Waals surface area (Å²) < 4.78 is 148. The van der Waals surface area contributed by atoms with Crippen molar-refractivity contribution in [3.05, 3.63) is 119 Å². The third-order valence-corrected chi connectivity index (χ3v) is 9.05. The van der Waals surface area contributed by atoms with Crippen molar-refractivity contribution < 1.29 is 48.6 Å². The molecule has 0 spiro atoms. The summed E-state index contributed by atoms with van der Waals surface area (Å²) in [6.45, 7) is 2.17. The molecular weight excluding hydrogens is 662 g/mol. The second kappa shape index (κ2) is 15.1. The second-order valence-corrected chi connectivity index (χ2v) is 12.3. The minimum atomic E-state index is -4.86. The summed E-state index contributed by atoms with van der Waals surface area (Å²) in [6, 6.07) is 9.21. The van der Waals surface area contributed by atoms with Gasteiger partial charge in [0.15, 0.2) is 5.83 Å². The molecule has 4 aromatic rings. The number of hydrogen-bond acceptors (Lipinski definition) is 1. The number of rotatable bonds is 11. The summed E-state index contributed by atoms with van der Waals surface area (Å²) in [6.07, 6.45) is 3.34. The van der Waals surface area contributed by atoms with Crippen molar-refractivity contribution in [2.24, 2.45) is 5.92 Å². The molecule has 49 heavy (non-hydrogen) atoms. The Morgan fingerprint density at radius 2 is 1.29 bits per heavy atom. The first-order valence-corrected chi connectivity index (χ1v) is 15.9. The van der Waals surface area contributed by atoms with Crippen LogP contribution in [0.5, 0.6) is 5.75 Å². The van der Waals surface area contributed by atoms with Crippen LogP contribution in [0, 0.1) is 40.8 Å². The van der Waals surface area contributed by atoms with Crippen LogP contribution in [-0.4, -0.2) is 0 Å². The van der Waals surface area contributed by atoms with Gasteiger partial charge in [-0.3, -0.25) is 0 Å². The normalized spacial score (nSPS) is 17.0. The van der Waals surface area contributed by atoms with E-state index in [1.54, 1.807) is 6.07 Å². The molecule has 0 atom stereocenters. The zero-order valence-corrected chi connectivity index (χ0v) is 26.4. The lowest BCUT2D eigenvalue weighted by atomic mass is 9.77. The molecule has 0 radical (unpaired) electrons. The van der Waals surface area contributed by atoms with Crippen molar-refractivity contribution in [2.45, 2.75) is 70.3 Å². The molecule has 0 amide bonds. The minimum absolute atomic E-state index is 0.0767. The van der Waals surface area contributed by atoms with E-state index in [2.05, 4.69) is 11.7 Å². The molecule has 1 nitrogen and oxygen atoms in total. The Bertz CT molecular complexity index is 1800. The average Bonchev–Trinajstić information content (AvgIpc) is 3.04. The Labute approximate surface area is 277 Å². The standard InChI is InChI=1S/C38H32F10O/c1-2-3-4-5-21-6-8-22(9-7-21)23-10-12-27(29(40)14-23)24-11-13-28(30(41)15-24)25-16-33(44)37(34(45)17-25)38(47,48)49-26-18-31(42)36(32(43)19-26)35(46)20-39/h10-22H,2-9H2,1H3/b35-20-. The van der Waals surface area contributed by atoms with Gasteiger partial charge >= 0.3 is 6.11 Å². The average molecular weight is 695 g/mol. The predicted molar refractivity (Wildman–Crippen MR) is 167 cm³/mol. The molecule has 1 fully saturated rings. The van der Waals surface area contributed by atoms with E-state index in [-0.39, 0.29) is 34.7 Å². The van der Waals surface area contributed by atoms with Crippen LogP contribution in [-0.2, 0) is 6.11 Å². The largest absolute Gasteiger partial charge is 0.432 e. The van der Waals surface area contributed by atoms with Gasteiger partial charge in [-0.05, 0) is 78.5 Å². The van der Waals surface area contributed by atoms with Crippen LogP contribution in [0.3, 0.4) is 0 Å². The number of alkyl halides is 2. The van der Waals surface area contributed by atoms with E-state index in [0.717, 1.165) is 43.4 Å². The van der Waals surface area contributed by atoms with Crippen LogP contribution < -0.4 is 4.74 Å². The van der Waals surface area contributed by atoms with Crippen LogP contribution in [0.2, 0.25) is 0 Å². The second-order valence-electron chi connectivity index (χ2n) is 12.3. The monoisotopic (exact) mass is 694 g/mol. The fourth-order valence-electron chi connectivity index (χ4n) is 6.50. The smallest absolute Gasteiger partial charge is 0.429 e. The molecule has 1 saturated carbocycles. The fourth-order valence-corrected chi connectivity index (χ4v) is 6.50. The van der Waals surface area contributed by atoms with E-state index in [9.17, 15) is 35.1 Å². The van der Waals surface area contributed by atoms with Crippen molar-refractivity contribution in [3.63, 3.8) is 0 Å². The van der Waals surface area contributed by atoms with Gasteiger partial charge in [-0.15, -0.1) is 0 Å². The molecule has 0 saturated heterocycles. The molecule has 5 rings (SSSR count). The van der Waals surface area contributed by atoms with Gasteiger partial charge in [0, 0.05) is 23.3 Å². The molecule has 11 heteroatoms. The lowest BCUT2D eigenvalue weighted by Crippen LogP contribution is -2.25.